The number of hydrogen-bond donors (Lipinski definition) is 2. The van der Waals surface area contributed by atoms with E-state index in [2.05, 4.69) is 25.7 Å². The third-order valence-corrected chi connectivity index (χ3v) is 3.98. The van der Waals surface area contributed by atoms with Gasteiger partial charge in [0.15, 0.2) is 5.69 Å². The summed E-state index contributed by atoms with van der Waals surface area (Å²) < 4.78 is 10.9. The third kappa shape index (κ3) is 2.12. The normalized spacial score (nSPS) is 26.4. The highest BCUT2D eigenvalue weighted by Crippen LogP contribution is 2.29. The van der Waals surface area contributed by atoms with Crippen molar-refractivity contribution in [1.29, 1.82) is 0 Å². The Morgan fingerprint density at radius 1 is 1.30 bits per heavy atom. The Balaban J connectivity index is 1.54. The molecule has 0 amide bonds. The number of nitrogens with one attached hydrogen (secondary N) is 2. The van der Waals surface area contributed by atoms with E-state index in [9.17, 15) is 0 Å². The van der Waals surface area contributed by atoms with Crippen molar-refractivity contribution in [3.8, 4) is 11.6 Å². The second kappa shape index (κ2) is 4.99. The molecule has 4 heterocycles. The second-order valence-electron chi connectivity index (χ2n) is 5.36. The van der Waals surface area contributed by atoms with Crippen LogP contribution in [0.3, 0.4) is 0 Å². The second-order valence-corrected chi connectivity index (χ2v) is 5.36. The zero-order chi connectivity index (χ0) is 13.4. The lowest BCUT2D eigenvalue weighted by atomic mass is 10.1. The predicted octanol–water partition coefficient (Wildman–Crippen LogP) is 1.39. The van der Waals surface area contributed by atoms with Gasteiger partial charge in [0, 0.05) is 24.8 Å². The van der Waals surface area contributed by atoms with Crippen molar-refractivity contribution in [1.82, 2.24) is 25.7 Å². The van der Waals surface area contributed by atoms with Crippen molar-refractivity contribution in [3.63, 3.8) is 0 Å². The first-order valence-corrected chi connectivity index (χ1v) is 7.12. The molecule has 2 aromatic rings. The van der Waals surface area contributed by atoms with Crippen LogP contribution in [0.4, 0.5) is 0 Å². The number of hydrogen-bond acceptors (Lipinski definition) is 6. The van der Waals surface area contributed by atoms with E-state index in [1.807, 2.05) is 6.07 Å². The molecule has 2 fully saturated rings. The molecule has 0 spiro atoms. The summed E-state index contributed by atoms with van der Waals surface area (Å²) in [6.07, 6.45) is 3.12. The van der Waals surface area contributed by atoms with E-state index in [1.54, 1.807) is 0 Å². The zero-order valence-electron chi connectivity index (χ0n) is 11.1. The van der Waals surface area contributed by atoms with Crippen LogP contribution in [-0.4, -0.2) is 40.0 Å². The molecule has 2 aromatic heterocycles. The van der Waals surface area contributed by atoms with E-state index in [0.29, 0.717) is 23.3 Å². The quantitative estimate of drug-likeness (QED) is 0.880. The van der Waals surface area contributed by atoms with Gasteiger partial charge in [-0.2, -0.15) is 10.1 Å². The summed E-state index contributed by atoms with van der Waals surface area (Å²) in [6, 6.07) is 2.00. The Bertz CT molecular complexity index is 529. The number of aromatic nitrogens is 4. The summed E-state index contributed by atoms with van der Waals surface area (Å²) in [7, 11) is 0. The molecule has 4 rings (SSSR count). The number of rotatable bonds is 3. The summed E-state index contributed by atoms with van der Waals surface area (Å²) in [5.74, 6) is 1.59. The van der Waals surface area contributed by atoms with Crippen LogP contribution in [0.25, 0.3) is 11.6 Å². The fraction of sp³-hybridized carbons (Fsp3) is 0.615. The van der Waals surface area contributed by atoms with Crippen LogP contribution < -0.4 is 5.32 Å². The molecule has 0 bridgehead atoms. The number of aromatic amines is 1. The van der Waals surface area contributed by atoms with Gasteiger partial charge in [-0.1, -0.05) is 5.16 Å². The molecule has 0 aromatic carbocycles. The highest BCUT2D eigenvalue weighted by Gasteiger charge is 2.25. The molecule has 20 heavy (non-hydrogen) atoms. The molecule has 2 aliphatic heterocycles. The molecule has 2 atom stereocenters. The molecular weight excluding hydrogens is 258 g/mol. The maximum Gasteiger partial charge on any atom is 0.278 e. The van der Waals surface area contributed by atoms with Crippen molar-refractivity contribution in [2.24, 2.45) is 0 Å². The van der Waals surface area contributed by atoms with Crippen molar-refractivity contribution in [2.45, 2.75) is 31.3 Å². The lowest BCUT2D eigenvalue weighted by Gasteiger charge is -2.02. The largest absolute Gasteiger partial charge is 0.370 e. The van der Waals surface area contributed by atoms with Crippen molar-refractivity contribution >= 4 is 0 Å². The average Bonchev–Trinajstić information content (AvgIpc) is 3.22. The van der Waals surface area contributed by atoms with Crippen LogP contribution in [0.5, 0.6) is 0 Å². The van der Waals surface area contributed by atoms with Crippen LogP contribution in [0.15, 0.2) is 10.6 Å². The van der Waals surface area contributed by atoms with Gasteiger partial charge in [0.05, 0.1) is 0 Å². The first-order valence-electron chi connectivity index (χ1n) is 7.12. The van der Waals surface area contributed by atoms with E-state index in [1.165, 1.54) is 0 Å². The first kappa shape index (κ1) is 12.0. The standard InChI is InChI=1S/C13H17N5O2/c1-2-11(19-5-1)12-15-13(20-18-12)10-6-9(16-17-10)8-3-4-14-7-8/h6,8,11,14H,1-5,7H2,(H,16,17). The Hall–Kier alpha value is -1.73. The van der Waals surface area contributed by atoms with Gasteiger partial charge >= 0.3 is 0 Å². The molecule has 0 radical (unpaired) electrons. The molecule has 2 unspecified atom stereocenters. The van der Waals surface area contributed by atoms with Gasteiger partial charge in [-0.25, -0.2) is 0 Å². The van der Waals surface area contributed by atoms with Crippen molar-refractivity contribution in [2.75, 3.05) is 19.7 Å². The van der Waals surface area contributed by atoms with Crippen LogP contribution in [0, 0.1) is 0 Å². The number of ether oxygens (including phenoxy) is 1. The molecule has 2 N–H and O–H groups in total. The minimum atomic E-state index is -0.0232. The Morgan fingerprint density at radius 2 is 2.30 bits per heavy atom. The van der Waals surface area contributed by atoms with Gasteiger partial charge in [0.25, 0.3) is 5.89 Å². The molecule has 2 aliphatic rings. The summed E-state index contributed by atoms with van der Waals surface area (Å²) in [5, 5.41) is 14.7. The lowest BCUT2D eigenvalue weighted by molar-refractivity contribution is 0.103. The van der Waals surface area contributed by atoms with Gasteiger partial charge < -0.3 is 14.6 Å². The van der Waals surface area contributed by atoms with Crippen LogP contribution in [-0.2, 0) is 4.74 Å². The molecule has 0 aliphatic carbocycles. The third-order valence-electron chi connectivity index (χ3n) is 3.98. The molecule has 0 saturated carbocycles. The van der Waals surface area contributed by atoms with Gasteiger partial charge in [-0.05, 0) is 31.9 Å². The highest BCUT2D eigenvalue weighted by molar-refractivity contribution is 5.47. The van der Waals surface area contributed by atoms with E-state index >= 15 is 0 Å². The van der Waals surface area contributed by atoms with Crippen LogP contribution >= 0.6 is 0 Å². The molecule has 2 saturated heterocycles. The van der Waals surface area contributed by atoms with E-state index in [0.717, 1.165) is 44.7 Å². The number of nitrogens with zero attached hydrogens (tertiary/aromatic N) is 3. The van der Waals surface area contributed by atoms with Gasteiger partial charge in [-0.15, -0.1) is 0 Å². The minimum absolute atomic E-state index is 0.0232. The molecule has 7 heteroatoms. The summed E-state index contributed by atoms with van der Waals surface area (Å²) in [4.78, 5) is 4.40. The summed E-state index contributed by atoms with van der Waals surface area (Å²) in [5.41, 5.74) is 1.84. The maximum absolute atomic E-state index is 5.55. The molecule has 106 valence electrons. The van der Waals surface area contributed by atoms with Gasteiger partial charge in [-0.3, -0.25) is 5.10 Å². The summed E-state index contributed by atoms with van der Waals surface area (Å²) >= 11 is 0. The zero-order valence-corrected chi connectivity index (χ0v) is 11.1. The highest BCUT2D eigenvalue weighted by atomic mass is 16.5. The fourth-order valence-electron chi connectivity index (χ4n) is 2.83. The Labute approximate surface area is 116 Å². The monoisotopic (exact) mass is 275 g/mol. The minimum Gasteiger partial charge on any atom is -0.370 e. The lowest BCUT2D eigenvalue weighted by Crippen LogP contribution is -2.08. The predicted molar refractivity (Wildman–Crippen MR) is 70.0 cm³/mol. The van der Waals surface area contributed by atoms with E-state index < -0.39 is 0 Å². The first-order chi connectivity index (χ1) is 9.90. The van der Waals surface area contributed by atoms with Gasteiger partial charge in [0.2, 0.25) is 5.82 Å². The number of H-pyrrole nitrogens is 1. The SMILES string of the molecule is c1c(-c2nc(C3CCCO3)no2)n[nH]c1C1CCNC1. The van der Waals surface area contributed by atoms with Crippen molar-refractivity contribution < 1.29 is 9.26 Å². The summed E-state index contributed by atoms with van der Waals surface area (Å²) in [6.45, 7) is 2.82. The average molecular weight is 275 g/mol. The van der Waals surface area contributed by atoms with Crippen molar-refractivity contribution in [3.05, 3.63) is 17.6 Å². The smallest absolute Gasteiger partial charge is 0.278 e. The molecule has 7 nitrogen and oxygen atoms in total. The molecular formula is C13H17N5O2. The van der Waals surface area contributed by atoms with Crippen LogP contribution in [0.1, 0.15) is 42.8 Å². The van der Waals surface area contributed by atoms with E-state index in [-0.39, 0.29) is 6.10 Å². The topological polar surface area (TPSA) is 88.9 Å². The maximum atomic E-state index is 5.55. The van der Waals surface area contributed by atoms with Gasteiger partial charge in [0.1, 0.15) is 6.10 Å². The fourth-order valence-corrected chi connectivity index (χ4v) is 2.83. The van der Waals surface area contributed by atoms with E-state index in [4.69, 9.17) is 9.26 Å². The Kier molecular flexibility index (Phi) is 3.00. The van der Waals surface area contributed by atoms with Crippen LogP contribution in [0.2, 0.25) is 0 Å². The Morgan fingerprint density at radius 3 is 3.10 bits per heavy atom.